The second-order valence-corrected chi connectivity index (χ2v) is 8.51. The molecule has 2 aromatic heterocycles. The van der Waals surface area contributed by atoms with Gasteiger partial charge in [0, 0.05) is 24.0 Å². The number of carbonyl (C=O) groups is 2. The van der Waals surface area contributed by atoms with Crippen LogP contribution in [0, 0.1) is 0 Å². The summed E-state index contributed by atoms with van der Waals surface area (Å²) in [7, 11) is 0. The maximum absolute atomic E-state index is 13.2. The minimum absolute atomic E-state index is 0.0229. The molecule has 0 bridgehead atoms. The topological polar surface area (TPSA) is 63.6 Å². The molecule has 7 heteroatoms. The molecule has 2 aromatic rings. The second-order valence-electron chi connectivity index (χ2n) is 7.53. The Kier molecular flexibility index (Phi) is 5.55. The summed E-state index contributed by atoms with van der Waals surface area (Å²) in [6, 6.07) is 6.04. The predicted molar refractivity (Wildman–Crippen MR) is 109 cm³/mol. The van der Waals surface area contributed by atoms with E-state index in [2.05, 4.69) is 19.2 Å². The van der Waals surface area contributed by atoms with Crippen LogP contribution < -0.4 is 5.32 Å². The van der Waals surface area contributed by atoms with E-state index in [-0.39, 0.29) is 23.9 Å². The Morgan fingerprint density at radius 2 is 2.25 bits per heavy atom. The molecule has 1 fully saturated rings. The molecule has 28 heavy (non-hydrogen) atoms. The van der Waals surface area contributed by atoms with Crippen molar-refractivity contribution in [2.45, 2.75) is 58.3 Å². The fourth-order valence-electron chi connectivity index (χ4n) is 4.18. The van der Waals surface area contributed by atoms with Crippen LogP contribution in [0.15, 0.2) is 23.6 Å². The Balaban J connectivity index is 1.63. The number of hydrogen-bond donors (Lipinski definition) is 1. The van der Waals surface area contributed by atoms with Crippen molar-refractivity contribution in [3.8, 4) is 0 Å². The molecule has 4 heterocycles. The van der Waals surface area contributed by atoms with Crippen LogP contribution in [0.1, 0.15) is 70.6 Å². The van der Waals surface area contributed by atoms with E-state index < -0.39 is 0 Å². The Hall–Kier alpha value is -2.12. The molecule has 0 aliphatic carbocycles. The lowest BCUT2D eigenvalue weighted by Crippen LogP contribution is -2.35. The predicted octanol–water partition coefficient (Wildman–Crippen LogP) is 3.59. The van der Waals surface area contributed by atoms with Gasteiger partial charge >= 0.3 is 0 Å². The number of rotatable bonds is 5. The van der Waals surface area contributed by atoms with Gasteiger partial charge in [-0.05, 0) is 43.7 Å². The lowest BCUT2D eigenvalue weighted by molar-refractivity contribution is 0.0683. The van der Waals surface area contributed by atoms with Crippen molar-refractivity contribution >= 4 is 23.2 Å². The van der Waals surface area contributed by atoms with Crippen LogP contribution >= 0.6 is 11.3 Å². The van der Waals surface area contributed by atoms with Crippen LogP contribution in [-0.2, 0) is 17.9 Å². The highest BCUT2D eigenvalue weighted by atomic mass is 32.1. The zero-order valence-corrected chi connectivity index (χ0v) is 17.3. The Bertz CT molecular complexity index is 859. The van der Waals surface area contributed by atoms with Gasteiger partial charge < -0.3 is 19.5 Å². The third-order valence-electron chi connectivity index (χ3n) is 5.78. The van der Waals surface area contributed by atoms with Crippen molar-refractivity contribution in [3.63, 3.8) is 0 Å². The summed E-state index contributed by atoms with van der Waals surface area (Å²) in [6.45, 7) is 6.47. The minimum atomic E-state index is -0.136. The second kappa shape index (κ2) is 8.09. The molecule has 0 saturated carbocycles. The van der Waals surface area contributed by atoms with Gasteiger partial charge in [0.25, 0.3) is 11.8 Å². The molecular weight excluding hydrogens is 374 g/mol. The molecule has 0 aromatic carbocycles. The molecule has 0 radical (unpaired) electrons. The number of nitrogens with zero attached hydrogens (tertiary/aromatic N) is 2. The average Bonchev–Trinajstić information content (AvgIpc) is 3.45. The number of ether oxygens (including phenoxy) is 1. The quantitative estimate of drug-likeness (QED) is 0.833. The average molecular weight is 402 g/mol. The molecule has 6 nitrogen and oxygen atoms in total. The van der Waals surface area contributed by atoms with Crippen molar-refractivity contribution in [1.29, 1.82) is 0 Å². The van der Waals surface area contributed by atoms with Gasteiger partial charge in [-0.2, -0.15) is 0 Å². The minimum Gasteiger partial charge on any atom is -0.373 e. The van der Waals surface area contributed by atoms with Gasteiger partial charge in [0.05, 0.1) is 30.5 Å². The zero-order chi connectivity index (χ0) is 19.7. The maximum atomic E-state index is 13.2. The molecular formula is C21H27N3O3S. The van der Waals surface area contributed by atoms with E-state index in [1.807, 2.05) is 27.0 Å². The van der Waals surface area contributed by atoms with Crippen LogP contribution in [-0.4, -0.2) is 40.5 Å². The summed E-state index contributed by atoms with van der Waals surface area (Å²) in [5.74, 6) is -0.111. The summed E-state index contributed by atoms with van der Waals surface area (Å²) >= 11 is 1.64. The first-order valence-corrected chi connectivity index (χ1v) is 10.9. The Morgan fingerprint density at radius 3 is 2.93 bits per heavy atom. The SMILES string of the molecule is CCC(NC(=O)c1cc(C(=O)N2CCCC2C)n2c1COCC2)c1cccs1. The Labute approximate surface area is 169 Å². The number of nitrogens with one attached hydrogen (secondary N) is 1. The van der Waals surface area contributed by atoms with Gasteiger partial charge in [0.2, 0.25) is 0 Å². The van der Waals surface area contributed by atoms with Crippen molar-refractivity contribution in [3.05, 3.63) is 45.4 Å². The van der Waals surface area contributed by atoms with E-state index in [0.29, 0.717) is 31.0 Å². The summed E-state index contributed by atoms with van der Waals surface area (Å²) in [4.78, 5) is 29.3. The molecule has 4 rings (SSSR count). The normalized spacial score (nSPS) is 20.1. The van der Waals surface area contributed by atoms with Gasteiger partial charge in [-0.15, -0.1) is 11.3 Å². The Morgan fingerprint density at radius 1 is 1.39 bits per heavy atom. The molecule has 2 atom stereocenters. The van der Waals surface area contributed by atoms with E-state index in [0.717, 1.165) is 36.4 Å². The highest BCUT2D eigenvalue weighted by Crippen LogP contribution is 2.27. The highest BCUT2D eigenvalue weighted by molar-refractivity contribution is 7.10. The van der Waals surface area contributed by atoms with Crippen LogP contribution in [0.25, 0.3) is 0 Å². The summed E-state index contributed by atoms with van der Waals surface area (Å²) in [6.07, 6.45) is 2.89. The third-order valence-corrected chi connectivity index (χ3v) is 6.77. The molecule has 0 spiro atoms. The first kappa shape index (κ1) is 19.2. The monoisotopic (exact) mass is 401 g/mol. The third kappa shape index (κ3) is 3.49. The van der Waals surface area contributed by atoms with E-state index in [4.69, 9.17) is 4.74 Å². The number of likely N-dealkylation sites (tertiary alicyclic amines) is 1. The first-order valence-electron chi connectivity index (χ1n) is 10.1. The van der Waals surface area contributed by atoms with Crippen LogP contribution in [0.5, 0.6) is 0 Å². The van der Waals surface area contributed by atoms with E-state index in [1.165, 1.54) is 0 Å². The summed E-state index contributed by atoms with van der Waals surface area (Å²) in [5.41, 5.74) is 1.98. The fourth-order valence-corrected chi connectivity index (χ4v) is 5.04. The van der Waals surface area contributed by atoms with Crippen LogP contribution in [0.3, 0.4) is 0 Å². The zero-order valence-electron chi connectivity index (χ0n) is 16.4. The number of aromatic nitrogens is 1. The van der Waals surface area contributed by atoms with Gasteiger partial charge in [-0.25, -0.2) is 0 Å². The molecule has 1 N–H and O–H groups in total. The molecule has 2 amide bonds. The molecule has 2 aliphatic rings. The van der Waals surface area contributed by atoms with Gasteiger partial charge in [0.15, 0.2) is 0 Å². The van der Waals surface area contributed by atoms with E-state index in [9.17, 15) is 9.59 Å². The number of carbonyl (C=O) groups excluding carboxylic acids is 2. The fraction of sp³-hybridized carbons (Fsp3) is 0.524. The van der Waals surface area contributed by atoms with Crippen LogP contribution in [0.2, 0.25) is 0 Å². The lowest BCUT2D eigenvalue weighted by Gasteiger charge is -2.24. The highest BCUT2D eigenvalue weighted by Gasteiger charge is 2.32. The number of hydrogen-bond acceptors (Lipinski definition) is 4. The summed E-state index contributed by atoms with van der Waals surface area (Å²) < 4.78 is 7.59. The van der Waals surface area contributed by atoms with Gasteiger partial charge in [-0.3, -0.25) is 9.59 Å². The van der Waals surface area contributed by atoms with Crippen molar-refractivity contribution in [2.75, 3.05) is 13.2 Å². The van der Waals surface area contributed by atoms with Gasteiger partial charge in [0.1, 0.15) is 5.69 Å². The van der Waals surface area contributed by atoms with E-state index >= 15 is 0 Å². The van der Waals surface area contributed by atoms with Crippen molar-refractivity contribution in [1.82, 2.24) is 14.8 Å². The number of amides is 2. The first-order chi connectivity index (χ1) is 13.6. The van der Waals surface area contributed by atoms with Crippen molar-refractivity contribution in [2.24, 2.45) is 0 Å². The number of fused-ring (bicyclic) bond motifs is 1. The molecule has 2 aliphatic heterocycles. The molecule has 2 unspecified atom stereocenters. The maximum Gasteiger partial charge on any atom is 0.270 e. The standard InChI is InChI=1S/C21H27N3O3S/c1-3-16(19-7-5-11-28-19)22-20(25)15-12-17(24-9-10-27-13-18(15)24)21(26)23-8-4-6-14(23)2/h5,7,11-12,14,16H,3-4,6,8-10,13H2,1-2H3,(H,22,25). The summed E-state index contributed by atoms with van der Waals surface area (Å²) in [5, 5.41) is 5.16. The van der Waals surface area contributed by atoms with Crippen LogP contribution in [0.4, 0.5) is 0 Å². The number of thiophene rings is 1. The largest absolute Gasteiger partial charge is 0.373 e. The van der Waals surface area contributed by atoms with Gasteiger partial charge in [-0.1, -0.05) is 13.0 Å². The molecule has 1 saturated heterocycles. The van der Waals surface area contributed by atoms with Crippen molar-refractivity contribution < 1.29 is 14.3 Å². The lowest BCUT2D eigenvalue weighted by atomic mass is 10.1. The van der Waals surface area contributed by atoms with E-state index in [1.54, 1.807) is 17.4 Å². The molecule has 150 valence electrons. The smallest absolute Gasteiger partial charge is 0.270 e.